The van der Waals surface area contributed by atoms with Crippen LogP contribution in [0.4, 0.5) is 5.69 Å². The van der Waals surface area contributed by atoms with Gasteiger partial charge >= 0.3 is 0 Å². The molecular weight excluding hydrogens is 319 g/mol. The first-order valence-corrected chi connectivity index (χ1v) is 6.92. The summed E-state index contributed by atoms with van der Waals surface area (Å²) in [6.45, 7) is 3.82. The molecule has 1 aromatic carbocycles. The van der Waals surface area contributed by atoms with E-state index >= 15 is 0 Å². The summed E-state index contributed by atoms with van der Waals surface area (Å²) >= 11 is 17.7. The van der Waals surface area contributed by atoms with E-state index in [1.807, 2.05) is 32.0 Å². The summed E-state index contributed by atoms with van der Waals surface area (Å²) in [6, 6.07) is 5.74. The molecule has 0 saturated heterocycles. The molecule has 0 fully saturated rings. The molecule has 0 aliphatic carbocycles. The minimum Gasteiger partial charge on any atom is -0.320 e. The molecule has 2 aromatic rings. The van der Waals surface area contributed by atoms with E-state index in [4.69, 9.17) is 34.8 Å². The lowest BCUT2D eigenvalue weighted by molar-refractivity contribution is 0.102. The van der Waals surface area contributed by atoms with Gasteiger partial charge in [-0.2, -0.15) is 0 Å². The second-order valence-corrected chi connectivity index (χ2v) is 5.47. The van der Waals surface area contributed by atoms with Crippen LogP contribution in [0.1, 0.15) is 21.6 Å². The number of nitrogens with one attached hydrogen (secondary N) is 1. The Balaban J connectivity index is 2.36. The molecule has 2 rings (SSSR count). The van der Waals surface area contributed by atoms with E-state index in [0.717, 1.165) is 16.8 Å². The molecule has 1 heterocycles. The number of aryl methyl sites for hydroxylation is 2. The summed E-state index contributed by atoms with van der Waals surface area (Å²) in [4.78, 5) is 16.2. The number of pyridine rings is 1. The predicted molar refractivity (Wildman–Crippen MR) is 83.1 cm³/mol. The Hall–Kier alpha value is -1.29. The minimum absolute atomic E-state index is 0.0444. The second-order valence-electron chi connectivity index (χ2n) is 4.30. The van der Waals surface area contributed by atoms with Crippen molar-refractivity contribution in [1.29, 1.82) is 0 Å². The van der Waals surface area contributed by atoms with Crippen LogP contribution in [-0.4, -0.2) is 10.9 Å². The third-order valence-electron chi connectivity index (χ3n) is 2.85. The molecule has 0 bridgehead atoms. The van der Waals surface area contributed by atoms with Crippen LogP contribution < -0.4 is 5.32 Å². The second kappa shape index (κ2) is 6.00. The Morgan fingerprint density at radius 2 is 1.70 bits per heavy atom. The van der Waals surface area contributed by atoms with Gasteiger partial charge in [0, 0.05) is 11.9 Å². The van der Waals surface area contributed by atoms with E-state index in [0.29, 0.717) is 0 Å². The zero-order chi connectivity index (χ0) is 14.9. The maximum atomic E-state index is 12.2. The number of amides is 1. The van der Waals surface area contributed by atoms with E-state index in [9.17, 15) is 4.79 Å². The van der Waals surface area contributed by atoms with Crippen LogP contribution in [0.3, 0.4) is 0 Å². The normalized spacial score (nSPS) is 10.4. The molecule has 6 heteroatoms. The zero-order valence-electron chi connectivity index (χ0n) is 10.8. The average molecular weight is 330 g/mol. The summed E-state index contributed by atoms with van der Waals surface area (Å²) in [5.74, 6) is -0.425. The van der Waals surface area contributed by atoms with E-state index in [1.54, 1.807) is 0 Å². The van der Waals surface area contributed by atoms with Crippen LogP contribution in [0.15, 0.2) is 24.4 Å². The van der Waals surface area contributed by atoms with E-state index < -0.39 is 5.91 Å². The molecule has 104 valence electrons. The third kappa shape index (κ3) is 2.90. The van der Waals surface area contributed by atoms with Crippen molar-refractivity contribution in [3.63, 3.8) is 0 Å². The third-order valence-corrected chi connectivity index (χ3v) is 4.09. The number of hydrogen-bond donors (Lipinski definition) is 1. The van der Waals surface area contributed by atoms with Crippen molar-refractivity contribution in [3.8, 4) is 0 Å². The number of halogens is 3. The Bertz CT molecular complexity index is 666. The average Bonchev–Trinajstić information content (AvgIpc) is 2.40. The molecule has 20 heavy (non-hydrogen) atoms. The number of benzene rings is 1. The number of carbonyl (C=O) groups is 1. The Labute approximate surface area is 131 Å². The number of nitrogens with zero attached hydrogens (tertiary/aromatic N) is 1. The van der Waals surface area contributed by atoms with Crippen molar-refractivity contribution in [2.24, 2.45) is 0 Å². The molecule has 0 radical (unpaired) electrons. The maximum Gasteiger partial charge on any atom is 0.275 e. The van der Waals surface area contributed by atoms with Crippen LogP contribution in [0.25, 0.3) is 0 Å². The summed E-state index contributed by atoms with van der Waals surface area (Å²) < 4.78 is 0. The molecule has 1 N–H and O–H groups in total. The predicted octanol–water partition coefficient (Wildman–Crippen LogP) is 4.91. The molecule has 1 amide bonds. The monoisotopic (exact) mass is 328 g/mol. The van der Waals surface area contributed by atoms with Crippen LogP contribution >= 0.6 is 34.8 Å². The van der Waals surface area contributed by atoms with Crippen LogP contribution in [0.2, 0.25) is 15.1 Å². The lowest BCUT2D eigenvalue weighted by Crippen LogP contribution is -2.16. The number of anilines is 1. The topological polar surface area (TPSA) is 42.0 Å². The Morgan fingerprint density at radius 1 is 1.10 bits per heavy atom. The summed E-state index contributed by atoms with van der Waals surface area (Å²) in [5, 5.41) is 3.17. The smallest absolute Gasteiger partial charge is 0.275 e. The molecule has 0 aliphatic rings. The van der Waals surface area contributed by atoms with Crippen molar-refractivity contribution in [2.45, 2.75) is 13.8 Å². The van der Waals surface area contributed by atoms with Gasteiger partial charge in [0.25, 0.3) is 5.91 Å². The number of para-hydroxylation sites is 1. The van der Waals surface area contributed by atoms with E-state index in [1.165, 1.54) is 6.20 Å². The summed E-state index contributed by atoms with van der Waals surface area (Å²) in [5.41, 5.74) is 2.69. The van der Waals surface area contributed by atoms with Crippen molar-refractivity contribution in [2.75, 3.05) is 5.32 Å². The van der Waals surface area contributed by atoms with Crippen LogP contribution in [-0.2, 0) is 0 Å². The Morgan fingerprint density at radius 3 is 2.30 bits per heavy atom. The van der Waals surface area contributed by atoms with Gasteiger partial charge in [0.15, 0.2) is 0 Å². The van der Waals surface area contributed by atoms with Gasteiger partial charge in [-0.1, -0.05) is 53.0 Å². The number of rotatable bonds is 2. The quantitative estimate of drug-likeness (QED) is 0.850. The van der Waals surface area contributed by atoms with Gasteiger partial charge < -0.3 is 5.32 Å². The van der Waals surface area contributed by atoms with Gasteiger partial charge in [-0.3, -0.25) is 4.79 Å². The van der Waals surface area contributed by atoms with Crippen molar-refractivity contribution < 1.29 is 4.79 Å². The lowest BCUT2D eigenvalue weighted by Gasteiger charge is -2.12. The molecule has 0 atom stereocenters. The maximum absolute atomic E-state index is 12.2. The first-order chi connectivity index (χ1) is 9.41. The van der Waals surface area contributed by atoms with Crippen molar-refractivity contribution in [1.82, 2.24) is 4.98 Å². The highest BCUT2D eigenvalue weighted by atomic mass is 35.5. The van der Waals surface area contributed by atoms with Gasteiger partial charge in [0.2, 0.25) is 0 Å². The molecule has 0 aliphatic heterocycles. The zero-order valence-corrected chi connectivity index (χ0v) is 13.1. The molecule has 1 aromatic heterocycles. The van der Waals surface area contributed by atoms with Crippen LogP contribution in [0, 0.1) is 13.8 Å². The largest absolute Gasteiger partial charge is 0.320 e. The standard InChI is InChI=1S/C14H11Cl3N2O/c1-7-4-3-5-8(2)12(7)19-14(20)13-11(17)10(16)9(15)6-18-13/h3-6H,1-2H3,(H,19,20). The SMILES string of the molecule is Cc1cccc(C)c1NC(=O)c1ncc(Cl)c(Cl)c1Cl. The van der Waals surface area contributed by atoms with Crippen molar-refractivity contribution >= 4 is 46.4 Å². The first-order valence-electron chi connectivity index (χ1n) is 5.79. The minimum atomic E-state index is -0.425. The first kappa shape index (κ1) is 15.1. The number of carbonyl (C=O) groups excluding carboxylic acids is 1. The van der Waals surface area contributed by atoms with E-state index in [2.05, 4.69) is 10.3 Å². The van der Waals surface area contributed by atoms with Gasteiger partial charge in [-0.15, -0.1) is 0 Å². The van der Waals surface area contributed by atoms with Gasteiger partial charge in [0.1, 0.15) is 5.69 Å². The highest BCUT2D eigenvalue weighted by Crippen LogP contribution is 2.31. The van der Waals surface area contributed by atoms with Gasteiger partial charge in [0.05, 0.1) is 15.1 Å². The molecule has 0 unspecified atom stereocenters. The molecule has 3 nitrogen and oxygen atoms in total. The Kier molecular flexibility index (Phi) is 4.53. The lowest BCUT2D eigenvalue weighted by atomic mass is 10.1. The number of aromatic nitrogens is 1. The van der Waals surface area contributed by atoms with Gasteiger partial charge in [-0.25, -0.2) is 4.98 Å². The van der Waals surface area contributed by atoms with E-state index in [-0.39, 0.29) is 20.8 Å². The highest BCUT2D eigenvalue weighted by molar-refractivity contribution is 6.49. The van der Waals surface area contributed by atoms with Gasteiger partial charge in [-0.05, 0) is 25.0 Å². The molecule has 0 saturated carbocycles. The fourth-order valence-corrected chi connectivity index (χ4v) is 2.35. The molecular formula is C14H11Cl3N2O. The summed E-state index contributed by atoms with van der Waals surface area (Å²) in [6.07, 6.45) is 1.30. The van der Waals surface area contributed by atoms with Crippen molar-refractivity contribution in [3.05, 3.63) is 56.3 Å². The highest BCUT2D eigenvalue weighted by Gasteiger charge is 2.18. The fraction of sp³-hybridized carbons (Fsp3) is 0.143. The fourth-order valence-electron chi connectivity index (χ4n) is 1.79. The number of hydrogen-bond acceptors (Lipinski definition) is 2. The molecule has 0 spiro atoms. The van der Waals surface area contributed by atoms with Crippen LogP contribution in [0.5, 0.6) is 0 Å². The summed E-state index contributed by atoms with van der Waals surface area (Å²) in [7, 11) is 0.